The van der Waals surface area contributed by atoms with Gasteiger partial charge in [-0.15, -0.1) is 23.2 Å². The number of benzene rings is 1. The molecular weight excluding hydrogens is 191 g/mol. The minimum atomic E-state index is 0.372. The standard InChI is InChI=1S/C10H8Cl2/c11-7-1-2-9-3-5-10(8-12)6-4-9/h3-6H,7-8H2. The molecule has 0 saturated heterocycles. The van der Waals surface area contributed by atoms with E-state index in [1.165, 1.54) is 0 Å². The van der Waals surface area contributed by atoms with E-state index in [-0.39, 0.29) is 0 Å². The van der Waals surface area contributed by atoms with Crippen molar-refractivity contribution in [2.45, 2.75) is 5.88 Å². The summed E-state index contributed by atoms with van der Waals surface area (Å²) in [6.45, 7) is 0. The summed E-state index contributed by atoms with van der Waals surface area (Å²) in [5, 5.41) is 0. The zero-order valence-corrected chi connectivity index (χ0v) is 7.99. The van der Waals surface area contributed by atoms with Crippen molar-refractivity contribution >= 4 is 23.2 Å². The van der Waals surface area contributed by atoms with Crippen LogP contribution in [-0.4, -0.2) is 5.88 Å². The normalized spacial score (nSPS) is 8.83. The molecule has 0 atom stereocenters. The van der Waals surface area contributed by atoms with Crippen molar-refractivity contribution in [1.82, 2.24) is 0 Å². The van der Waals surface area contributed by atoms with Crippen LogP contribution in [0.25, 0.3) is 0 Å². The van der Waals surface area contributed by atoms with Gasteiger partial charge in [0, 0.05) is 11.4 Å². The summed E-state index contributed by atoms with van der Waals surface area (Å²) >= 11 is 11.0. The summed E-state index contributed by atoms with van der Waals surface area (Å²) in [6, 6.07) is 7.81. The lowest BCUT2D eigenvalue weighted by Crippen LogP contribution is -1.78. The molecule has 0 nitrogen and oxygen atoms in total. The molecule has 2 heteroatoms. The molecule has 0 radical (unpaired) electrons. The van der Waals surface area contributed by atoms with E-state index in [0.29, 0.717) is 11.8 Å². The molecule has 1 aromatic carbocycles. The average Bonchev–Trinajstić information content (AvgIpc) is 2.15. The van der Waals surface area contributed by atoms with Gasteiger partial charge in [0.25, 0.3) is 0 Å². The Morgan fingerprint density at radius 1 is 1.08 bits per heavy atom. The van der Waals surface area contributed by atoms with Crippen molar-refractivity contribution in [2.75, 3.05) is 5.88 Å². The van der Waals surface area contributed by atoms with E-state index >= 15 is 0 Å². The van der Waals surface area contributed by atoms with E-state index in [1.807, 2.05) is 24.3 Å². The summed E-state index contributed by atoms with van der Waals surface area (Å²) in [6.07, 6.45) is 0. The molecule has 0 bridgehead atoms. The lowest BCUT2D eigenvalue weighted by atomic mass is 10.2. The third-order valence-electron chi connectivity index (χ3n) is 1.41. The number of halogens is 2. The number of rotatable bonds is 1. The number of hydrogen-bond acceptors (Lipinski definition) is 0. The Morgan fingerprint density at radius 2 is 1.75 bits per heavy atom. The van der Waals surface area contributed by atoms with Crippen molar-refractivity contribution in [2.24, 2.45) is 0 Å². The first-order chi connectivity index (χ1) is 5.86. The number of alkyl halides is 2. The van der Waals surface area contributed by atoms with Crippen LogP contribution in [-0.2, 0) is 5.88 Å². The van der Waals surface area contributed by atoms with Gasteiger partial charge in [-0.3, -0.25) is 0 Å². The van der Waals surface area contributed by atoms with E-state index in [0.717, 1.165) is 11.1 Å². The van der Waals surface area contributed by atoms with Gasteiger partial charge in [-0.25, -0.2) is 0 Å². The zero-order chi connectivity index (χ0) is 8.81. The Labute approximate surface area is 82.5 Å². The molecule has 62 valence electrons. The Morgan fingerprint density at radius 3 is 2.25 bits per heavy atom. The molecule has 0 N–H and O–H groups in total. The monoisotopic (exact) mass is 198 g/mol. The van der Waals surface area contributed by atoms with Gasteiger partial charge in [0.05, 0.1) is 5.88 Å². The van der Waals surface area contributed by atoms with Crippen molar-refractivity contribution in [3.63, 3.8) is 0 Å². The van der Waals surface area contributed by atoms with Crippen LogP contribution in [0.1, 0.15) is 11.1 Å². The Balaban J connectivity index is 2.78. The molecule has 0 fully saturated rings. The first-order valence-corrected chi connectivity index (χ1v) is 4.63. The highest BCUT2D eigenvalue weighted by molar-refractivity contribution is 6.19. The van der Waals surface area contributed by atoms with Gasteiger partial charge in [0.2, 0.25) is 0 Å². The van der Waals surface area contributed by atoms with E-state index in [1.54, 1.807) is 0 Å². The maximum absolute atomic E-state index is 5.63. The lowest BCUT2D eigenvalue weighted by Gasteiger charge is -1.93. The molecule has 1 aromatic rings. The molecule has 0 unspecified atom stereocenters. The predicted octanol–water partition coefficient (Wildman–Crippen LogP) is 3.02. The Hall–Kier alpha value is -0.640. The minimum Gasteiger partial charge on any atom is -0.122 e. The molecular formula is C10H8Cl2. The summed E-state index contributed by atoms with van der Waals surface area (Å²) < 4.78 is 0. The Bertz CT molecular complexity index is 290. The molecule has 1 rings (SSSR count). The van der Waals surface area contributed by atoms with Crippen LogP contribution in [0.15, 0.2) is 24.3 Å². The highest BCUT2D eigenvalue weighted by Gasteiger charge is 1.88. The van der Waals surface area contributed by atoms with Crippen LogP contribution in [0.5, 0.6) is 0 Å². The summed E-state index contributed by atoms with van der Waals surface area (Å²) in [5.41, 5.74) is 2.08. The SMILES string of the molecule is ClCC#Cc1ccc(CCl)cc1. The lowest BCUT2D eigenvalue weighted by molar-refractivity contribution is 1.40. The van der Waals surface area contributed by atoms with Gasteiger partial charge in [0.15, 0.2) is 0 Å². The van der Waals surface area contributed by atoms with Gasteiger partial charge < -0.3 is 0 Å². The quantitative estimate of drug-likeness (QED) is 0.481. The molecule has 0 aliphatic rings. The van der Waals surface area contributed by atoms with Crippen LogP contribution >= 0.6 is 23.2 Å². The maximum atomic E-state index is 5.63. The summed E-state index contributed by atoms with van der Waals surface area (Å²) in [7, 11) is 0. The minimum absolute atomic E-state index is 0.372. The van der Waals surface area contributed by atoms with Gasteiger partial charge >= 0.3 is 0 Å². The van der Waals surface area contributed by atoms with E-state index in [9.17, 15) is 0 Å². The molecule has 0 heterocycles. The second-order valence-electron chi connectivity index (χ2n) is 2.27. The second kappa shape index (κ2) is 5.09. The first-order valence-electron chi connectivity index (χ1n) is 3.56. The highest BCUT2D eigenvalue weighted by Crippen LogP contribution is 2.05. The highest BCUT2D eigenvalue weighted by atomic mass is 35.5. The fourth-order valence-corrected chi connectivity index (χ4v) is 1.06. The first kappa shape index (κ1) is 9.45. The smallest absolute Gasteiger partial charge is 0.0839 e. The largest absolute Gasteiger partial charge is 0.122 e. The van der Waals surface area contributed by atoms with Crippen molar-refractivity contribution < 1.29 is 0 Å². The molecule has 0 saturated carbocycles. The van der Waals surface area contributed by atoms with Crippen LogP contribution in [0.3, 0.4) is 0 Å². The second-order valence-corrected chi connectivity index (χ2v) is 2.80. The van der Waals surface area contributed by atoms with Gasteiger partial charge in [-0.2, -0.15) is 0 Å². The van der Waals surface area contributed by atoms with E-state index < -0.39 is 0 Å². The van der Waals surface area contributed by atoms with E-state index in [4.69, 9.17) is 23.2 Å². The topological polar surface area (TPSA) is 0 Å². The molecule has 0 aromatic heterocycles. The van der Waals surface area contributed by atoms with Gasteiger partial charge in [0.1, 0.15) is 0 Å². The van der Waals surface area contributed by atoms with Gasteiger partial charge in [-0.05, 0) is 17.7 Å². The van der Waals surface area contributed by atoms with Gasteiger partial charge in [-0.1, -0.05) is 24.0 Å². The third kappa shape index (κ3) is 2.77. The van der Waals surface area contributed by atoms with Crippen molar-refractivity contribution in [3.8, 4) is 11.8 Å². The van der Waals surface area contributed by atoms with Crippen molar-refractivity contribution in [1.29, 1.82) is 0 Å². The average molecular weight is 199 g/mol. The Kier molecular flexibility index (Phi) is 4.00. The predicted molar refractivity (Wildman–Crippen MR) is 53.6 cm³/mol. The summed E-state index contributed by atoms with van der Waals surface area (Å²) in [5.74, 6) is 6.62. The molecule has 0 amide bonds. The van der Waals surface area contributed by atoms with Crippen LogP contribution in [0.4, 0.5) is 0 Å². The zero-order valence-electron chi connectivity index (χ0n) is 6.48. The van der Waals surface area contributed by atoms with Crippen LogP contribution < -0.4 is 0 Å². The van der Waals surface area contributed by atoms with Crippen LogP contribution in [0.2, 0.25) is 0 Å². The van der Waals surface area contributed by atoms with E-state index in [2.05, 4.69) is 11.8 Å². The molecule has 12 heavy (non-hydrogen) atoms. The molecule has 0 aliphatic carbocycles. The third-order valence-corrected chi connectivity index (χ3v) is 1.85. The molecule has 0 aliphatic heterocycles. The van der Waals surface area contributed by atoms with Crippen molar-refractivity contribution in [3.05, 3.63) is 35.4 Å². The maximum Gasteiger partial charge on any atom is 0.0839 e. The molecule has 0 spiro atoms. The number of hydrogen-bond donors (Lipinski definition) is 0. The summed E-state index contributed by atoms with van der Waals surface area (Å²) in [4.78, 5) is 0. The van der Waals surface area contributed by atoms with Crippen LogP contribution in [0, 0.1) is 11.8 Å². The fourth-order valence-electron chi connectivity index (χ4n) is 0.813. The fraction of sp³-hybridized carbons (Fsp3) is 0.200.